The van der Waals surface area contributed by atoms with Crippen molar-refractivity contribution in [2.45, 2.75) is 0 Å². The molecule has 1 aromatic heterocycles. The fraction of sp³-hybridized carbons (Fsp3) is 0. The third-order valence-electron chi connectivity index (χ3n) is 2.68. The van der Waals surface area contributed by atoms with E-state index in [2.05, 4.69) is 5.10 Å². The van der Waals surface area contributed by atoms with Gasteiger partial charge < -0.3 is 10.2 Å². The zero-order chi connectivity index (χ0) is 11.8. The van der Waals surface area contributed by atoms with Gasteiger partial charge in [0.15, 0.2) is 0 Å². The fourth-order valence-corrected chi connectivity index (χ4v) is 1.84. The van der Waals surface area contributed by atoms with Gasteiger partial charge in [-0.25, -0.2) is 4.68 Å². The van der Waals surface area contributed by atoms with E-state index in [0.29, 0.717) is 5.39 Å². The Balaban J connectivity index is 2.24. The fourth-order valence-electron chi connectivity index (χ4n) is 1.84. The van der Waals surface area contributed by atoms with Crippen LogP contribution in [0.4, 0.5) is 0 Å². The molecule has 0 spiro atoms. The normalized spacial score (nSPS) is 10.8. The van der Waals surface area contributed by atoms with Gasteiger partial charge >= 0.3 is 0 Å². The lowest BCUT2D eigenvalue weighted by Crippen LogP contribution is -1.94. The molecule has 2 aromatic carbocycles. The first-order valence-corrected chi connectivity index (χ1v) is 5.21. The molecule has 0 aliphatic rings. The number of benzene rings is 2. The molecule has 1 heterocycles. The van der Waals surface area contributed by atoms with Gasteiger partial charge in [0.1, 0.15) is 11.5 Å². The molecule has 0 saturated heterocycles. The van der Waals surface area contributed by atoms with Gasteiger partial charge in [0.25, 0.3) is 0 Å². The number of nitrogens with zero attached hydrogens (tertiary/aromatic N) is 2. The molecule has 4 nitrogen and oxygen atoms in total. The van der Waals surface area contributed by atoms with Crippen molar-refractivity contribution in [1.82, 2.24) is 9.78 Å². The molecule has 3 rings (SSSR count). The highest BCUT2D eigenvalue weighted by Crippen LogP contribution is 2.26. The molecule has 0 bridgehead atoms. The Morgan fingerprint density at radius 1 is 0.941 bits per heavy atom. The molecule has 0 aliphatic heterocycles. The molecule has 0 radical (unpaired) electrons. The summed E-state index contributed by atoms with van der Waals surface area (Å²) >= 11 is 0. The van der Waals surface area contributed by atoms with Crippen LogP contribution in [0.15, 0.2) is 48.7 Å². The maximum Gasteiger partial charge on any atom is 0.126 e. The third kappa shape index (κ3) is 1.50. The lowest BCUT2D eigenvalue weighted by Gasteiger charge is -2.03. The van der Waals surface area contributed by atoms with Crippen LogP contribution in [-0.4, -0.2) is 20.0 Å². The average Bonchev–Trinajstić information content (AvgIpc) is 2.75. The number of fused-ring (bicyclic) bond motifs is 1. The van der Waals surface area contributed by atoms with Gasteiger partial charge in [-0.3, -0.25) is 0 Å². The van der Waals surface area contributed by atoms with E-state index in [1.54, 1.807) is 47.3 Å². The summed E-state index contributed by atoms with van der Waals surface area (Å²) in [5.41, 5.74) is 1.67. The van der Waals surface area contributed by atoms with Gasteiger partial charge in [0.05, 0.1) is 22.8 Å². The molecule has 0 unspecified atom stereocenters. The first kappa shape index (κ1) is 9.72. The number of hydrogen-bond acceptors (Lipinski definition) is 3. The van der Waals surface area contributed by atoms with Gasteiger partial charge in [-0.2, -0.15) is 5.10 Å². The van der Waals surface area contributed by atoms with Gasteiger partial charge in [-0.15, -0.1) is 0 Å². The summed E-state index contributed by atoms with van der Waals surface area (Å²) in [5.74, 6) is 0.431. The summed E-state index contributed by atoms with van der Waals surface area (Å²) in [5, 5.41) is 23.9. The molecular formula is C13H10N2O2. The second-order valence-corrected chi connectivity index (χ2v) is 3.78. The van der Waals surface area contributed by atoms with E-state index < -0.39 is 0 Å². The van der Waals surface area contributed by atoms with E-state index in [9.17, 15) is 10.2 Å². The van der Waals surface area contributed by atoms with Crippen LogP contribution in [0.1, 0.15) is 0 Å². The summed E-state index contributed by atoms with van der Waals surface area (Å²) < 4.78 is 1.72. The van der Waals surface area contributed by atoms with Crippen molar-refractivity contribution in [2.24, 2.45) is 0 Å². The highest BCUT2D eigenvalue weighted by molar-refractivity contribution is 5.86. The number of hydrogen-bond donors (Lipinski definition) is 2. The number of aromatic hydroxyl groups is 2. The van der Waals surface area contributed by atoms with Crippen molar-refractivity contribution in [3.8, 4) is 17.2 Å². The summed E-state index contributed by atoms with van der Waals surface area (Å²) in [4.78, 5) is 0. The van der Waals surface area contributed by atoms with E-state index in [-0.39, 0.29) is 11.5 Å². The molecule has 0 fully saturated rings. The van der Waals surface area contributed by atoms with Crippen molar-refractivity contribution in [1.29, 1.82) is 0 Å². The van der Waals surface area contributed by atoms with Crippen LogP contribution < -0.4 is 0 Å². The Bertz CT molecular complexity index is 671. The lowest BCUT2D eigenvalue weighted by molar-refractivity contribution is 0.475. The minimum atomic E-state index is 0.215. The molecule has 3 aromatic rings. The van der Waals surface area contributed by atoms with Crippen LogP contribution in [0, 0.1) is 0 Å². The summed E-state index contributed by atoms with van der Waals surface area (Å²) in [6, 6.07) is 12.0. The highest BCUT2D eigenvalue weighted by Gasteiger charge is 2.07. The smallest absolute Gasteiger partial charge is 0.126 e. The van der Waals surface area contributed by atoms with Crippen LogP contribution in [0.5, 0.6) is 11.5 Å². The summed E-state index contributed by atoms with van der Waals surface area (Å²) in [6.45, 7) is 0. The Morgan fingerprint density at radius 3 is 2.47 bits per heavy atom. The Labute approximate surface area is 97.4 Å². The van der Waals surface area contributed by atoms with Crippen LogP contribution in [0.2, 0.25) is 0 Å². The maximum absolute atomic E-state index is 9.68. The largest absolute Gasteiger partial charge is 0.508 e. The second-order valence-electron chi connectivity index (χ2n) is 3.78. The first-order chi connectivity index (χ1) is 8.25. The lowest BCUT2D eigenvalue weighted by atomic mass is 10.2. The first-order valence-electron chi connectivity index (χ1n) is 5.21. The molecular weight excluding hydrogens is 216 g/mol. The SMILES string of the molecule is Oc1ccc(-n2ncc3c(O)cccc32)cc1. The predicted molar refractivity (Wildman–Crippen MR) is 64.4 cm³/mol. The topological polar surface area (TPSA) is 58.3 Å². The van der Waals surface area contributed by atoms with Gasteiger partial charge in [-0.05, 0) is 36.4 Å². The molecule has 84 valence electrons. The Kier molecular flexibility index (Phi) is 2.01. The Hall–Kier alpha value is -2.49. The standard InChI is InChI=1S/C13H10N2O2/c16-10-6-4-9(5-7-10)15-12-2-1-3-13(17)11(12)8-14-15/h1-8,16-17H. The number of phenolic OH excluding ortho intramolecular Hbond substituents is 2. The van der Waals surface area contributed by atoms with E-state index in [4.69, 9.17) is 0 Å². The maximum atomic E-state index is 9.68. The van der Waals surface area contributed by atoms with Crippen LogP contribution >= 0.6 is 0 Å². The van der Waals surface area contributed by atoms with Crippen LogP contribution in [0.25, 0.3) is 16.6 Å². The molecule has 0 atom stereocenters. The molecule has 0 aliphatic carbocycles. The summed E-state index contributed by atoms with van der Waals surface area (Å²) in [6.07, 6.45) is 1.62. The molecule has 0 amide bonds. The molecule has 0 saturated carbocycles. The highest BCUT2D eigenvalue weighted by atomic mass is 16.3. The summed E-state index contributed by atoms with van der Waals surface area (Å²) in [7, 11) is 0. The zero-order valence-corrected chi connectivity index (χ0v) is 8.91. The van der Waals surface area contributed by atoms with Crippen molar-refractivity contribution in [3.63, 3.8) is 0 Å². The van der Waals surface area contributed by atoms with E-state index in [1.165, 1.54) is 0 Å². The minimum absolute atomic E-state index is 0.215. The molecule has 2 N–H and O–H groups in total. The van der Waals surface area contributed by atoms with E-state index in [0.717, 1.165) is 11.2 Å². The van der Waals surface area contributed by atoms with E-state index in [1.807, 2.05) is 6.07 Å². The Morgan fingerprint density at radius 2 is 1.71 bits per heavy atom. The van der Waals surface area contributed by atoms with Crippen molar-refractivity contribution >= 4 is 10.9 Å². The minimum Gasteiger partial charge on any atom is -0.508 e. The molecule has 4 heteroatoms. The average molecular weight is 226 g/mol. The van der Waals surface area contributed by atoms with Gasteiger partial charge in [-0.1, -0.05) is 6.07 Å². The van der Waals surface area contributed by atoms with Gasteiger partial charge in [0.2, 0.25) is 0 Å². The van der Waals surface area contributed by atoms with Crippen molar-refractivity contribution in [2.75, 3.05) is 0 Å². The number of rotatable bonds is 1. The predicted octanol–water partition coefficient (Wildman–Crippen LogP) is 2.44. The van der Waals surface area contributed by atoms with Crippen LogP contribution in [-0.2, 0) is 0 Å². The van der Waals surface area contributed by atoms with Crippen molar-refractivity contribution < 1.29 is 10.2 Å². The monoisotopic (exact) mass is 226 g/mol. The van der Waals surface area contributed by atoms with Gasteiger partial charge in [0, 0.05) is 0 Å². The third-order valence-corrected chi connectivity index (χ3v) is 2.68. The number of phenols is 2. The number of aromatic nitrogens is 2. The quantitative estimate of drug-likeness (QED) is 0.670. The second kappa shape index (κ2) is 3.52. The van der Waals surface area contributed by atoms with E-state index >= 15 is 0 Å². The van der Waals surface area contributed by atoms with Crippen molar-refractivity contribution in [3.05, 3.63) is 48.7 Å². The van der Waals surface area contributed by atoms with Crippen LogP contribution in [0.3, 0.4) is 0 Å². The molecule has 17 heavy (non-hydrogen) atoms. The zero-order valence-electron chi connectivity index (χ0n) is 8.91.